The second-order valence-corrected chi connectivity index (χ2v) is 5.03. The second-order valence-electron chi connectivity index (χ2n) is 4.59. The van der Waals surface area contributed by atoms with Crippen molar-refractivity contribution in [3.05, 3.63) is 64.6 Å². The molecule has 0 aliphatic rings. The molecule has 20 heavy (non-hydrogen) atoms. The topological polar surface area (TPSA) is 33.5 Å². The van der Waals surface area contributed by atoms with Crippen LogP contribution in [-0.4, -0.2) is 17.9 Å². The van der Waals surface area contributed by atoms with Crippen molar-refractivity contribution in [3.8, 4) is 0 Å². The van der Waals surface area contributed by atoms with Crippen LogP contribution in [0.5, 0.6) is 0 Å². The average molecular weight is 290 g/mol. The van der Waals surface area contributed by atoms with Gasteiger partial charge in [-0.25, -0.2) is 0 Å². The van der Waals surface area contributed by atoms with Gasteiger partial charge in [0.05, 0.1) is 6.54 Å². The van der Waals surface area contributed by atoms with Crippen LogP contribution >= 0.6 is 11.6 Å². The molecule has 2 rings (SSSR count). The van der Waals surface area contributed by atoms with Crippen molar-refractivity contribution in [1.82, 2.24) is 4.90 Å². The number of hydrogen-bond acceptors (Lipinski definition) is 2. The van der Waals surface area contributed by atoms with Crippen LogP contribution in [0.4, 0.5) is 0 Å². The summed E-state index contributed by atoms with van der Waals surface area (Å²) >= 11 is 5.89. The monoisotopic (exact) mass is 289 g/mol. The summed E-state index contributed by atoms with van der Waals surface area (Å²) in [5, 5.41) is 0.652. The molecule has 0 aliphatic heterocycles. The number of carbonyl (C=O) groups is 1. The van der Waals surface area contributed by atoms with Crippen molar-refractivity contribution in [2.24, 2.45) is 0 Å². The minimum absolute atomic E-state index is 0.0842. The van der Waals surface area contributed by atoms with Crippen LogP contribution in [0.3, 0.4) is 0 Å². The molecule has 0 radical (unpaired) electrons. The summed E-state index contributed by atoms with van der Waals surface area (Å²) in [6.45, 7) is 2.33. The number of likely N-dealkylation sites (N-methyl/N-ethyl adjacent to an activating group) is 1. The minimum atomic E-state index is -0.0842. The van der Waals surface area contributed by atoms with Gasteiger partial charge in [0.1, 0.15) is 11.5 Å². The summed E-state index contributed by atoms with van der Waals surface area (Å²) in [7, 11) is 1.74. The molecule has 0 bridgehead atoms. The quantitative estimate of drug-likeness (QED) is 0.800. The van der Waals surface area contributed by atoms with Gasteiger partial charge in [-0.3, -0.25) is 4.79 Å². The number of halogens is 1. The zero-order valence-electron chi connectivity index (χ0n) is 11.5. The van der Waals surface area contributed by atoms with Gasteiger partial charge in [0.15, 0.2) is 0 Å². The molecule has 1 aromatic heterocycles. The lowest BCUT2D eigenvalue weighted by atomic mass is 10.2. The van der Waals surface area contributed by atoms with Crippen molar-refractivity contribution in [2.75, 3.05) is 7.05 Å². The SMILES string of the molecule is Cc1ccc(CN(C)C(=O)C=Cc2cccc(Cl)c2)o1. The molecule has 1 heterocycles. The standard InChI is InChI=1S/C16H16ClNO2/c1-12-6-8-15(20-12)11-18(2)16(19)9-7-13-4-3-5-14(17)10-13/h3-10H,11H2,1-2H3. The molecule has 4 heteroatoms. The molecule has 0 unspecified atom stereocenters. The lowest BCUT2D eigenvalue weighted by Crippen LogP contribution is -2.23. The van der Waals surface area contributed by atoms with Gasteiger partial charge >= 0.3 is 0 Å². The molecule has 0 aliphatic carbocycles. The second kappa shape index (κ2) is 6.44. The Bertz CT molecular complexity index is 631. The Morgan fingerprint density at radius 2 is 2.15 bits per heavy atom. The molecule has 1 amide bonds. The summed E-state index contributed by atoms with van der Waals surface area (Å²) in [4.78, 5) is 13.6. The van der Waals surface area contributed by atoms with Crippen LogP contribution in [0.15, 0.2) is 46.9 Å². The van der Waals surface area contributed by atoms with Gasteiger partial charge in [0, 0.05) is 18.1 Å². The Balaban J connectivity index is 1.97. The zero-order valence-corrected chi connectivity index (χ0v) is 12.2. The largest absolute Gasteiger partial charge is 0.464 e. The number of benzene rings is 1. The van der Waals surface area contributed by atoms with Crippen molar-refractivity contribution in [3.63, 3.8) is 0 Å². The van der Waals surface area contributed by atoms with Gasteiger partial charge < -0.3 is 9.32 Å². The maximum Gasteiger partial charge on any atom is 0.246 e. The third kappa shape index (κ3) is 4.00. The van der Waals surface area contributed by atoms with Gasteiger partial charge in [-0.2, -0.15) is 0 Å². The molecule has 3 nitrogen and oxygen atoms in total. The number of nitrogens with zero attached hydrogens (tertiary/aromatic N) is 1. The summed E-state index contributed by atoms with van der Waals surface area (Å²) in [5.41, 5.74) is 0.896. The molecular formula is C16H16ClNO2. The third-order valence-electron chi connectivity index (χ3n) is 2.83. The van der Waals surface area contributed by atoms with E-state index in [0.29, 0.717) is 11.6 Å². The van der Waals surface area contributed by atoms with Gasteiger partial charge in [0.2, 0.25) is 5.91 Å². The highest BCUT2D eigenvalue weighted by molar-refractivity contribution is 6.30. The van der Waals surface area contributed by atoms with Gasteiger partial charge in [-0.05, 0) is 42.8 Å². The molecule has 104 valence electrons. The van der Waals surface area contributed by atoms with E-state index < -0.39 is 0 Å². The predicted octanol–water partition coefficient (Wildman–Crippen LogP) is 3.91. The molecule has 0 fully saturated rings. The fourth-order valence-electron chi connectivity index (χ4n) is 1.79. The van der Waals surface area contributed by atoms with Gasteiger partial charge in [-0.15, -0.1) is 0 Å². The van der Waals surface area contributed by atoms with Crippen LogP contribution in [0.25, 0.3) is 6.08 Å². The summed E-state index contributed by atoms with van der Waals surface area (Å²) in [5.74, 6) is 1.53. The predicted molar refractivity (Wildman–Crippen MR) is 80.4 cm³/mol. The normalized spacial score (nSPS) is 10.9. The molecule has 0 atom stereocenters. The highest BCUT2D eigenvalue weighted by Crippen LogP contribution is 2.12. The van der Waals surface area contributed by atoms with E-state index in [0.717, 1.165) is 17.1 Å². The van der Waals surface area contributed by atoms with Crippen LogP contribution in [-0.2, 0) is 11.3 Å². The first kappa shape index (κ1) is 14.4. The Morgan fingerprint density at radius 3 is 2.80 bits per heavy atom. The van der Waals surface area contributed by atoms with Gasteiger partial charge in [0.25, 0.3) is 0 Å². The highest BCUT2D eigenvalue weighted by atomic mass is 35.5. The molecule has 0 saturated heterocycles. The van der Waals surface area contributed by atoms with Crippen molar-refractivity contribution in [1.29, 1.82) is 0 Å². The fourth-order valence-corrected chi connectivity index (χ4v) is 1.99. The maximum atomic E-state index is 12.0. The van der Waals surface area contributed by atoms with E-state index in [2.05, 4.69) is 0 Å². The van der Waals surface area contributed by atoms with Crippen LogP contribution in [0.1, 0.15) is 17.1 Å². The van der Waals surface area contributed by atoms with Crippen LogP contribution < -0.4 is 0 Å². The average Bonchev–Trinajstić information content (AvgIpc) is 2.81. The zero-order chi connectivity index (χ0) is 14.5. The van der Waals surface area contributed by atoms with Crippen LogP contribution in [0.2, 0.25) is 5.02 Å². The first-order valence-corrected chi connectivity index (χ1v) is 6.66. The Kier molecular flexibility index (Phi) is 4.64. The molecule has 0 spiro atoms. The van der Waals surface area contributed by atoms with E-state index in [9.17, 15) is 4.79 Å². The molecule has 2 aromatic rings. The number of aryl methyl sites for hydroxylation is 1. The smallest absolute Gasteiger partial charge is 0.246 e. The summed E-state index contributed by atoms with van der Waals surface area (Å²) < 4.78 is 5.45. The molecule has 0 saturated carbocycles. The molecular weight excluding hydrogens is 274 g/mol. The first-order valence-electron chi connectivity index (χ1n) is 6.28. The van der Waals surface area contributed by atoms with E-state index in [4.69, 9.17) is 16.0 Å². The summed E-state index contributed by atoms with van der Waals surface area (Å²) in [6, 6.07) is 11.1. The van der Waals surface area contributed by atoms with Crippen molar-refractivity contribution in [2.45, 2.75) is 13.5 Å². The Morgan fingerprint density at radius 1 is 1.35 bits per heavy atom. The van der Waals surface area contributed by atoms with Crippen molar-refractivity contribution >= 4 is 23.6 Å². The van der Waals surface area contributed by atoms with Crippen LogP contribution in [0, 0.1) is 6.92 Å². The van der Waals surface area contributed by atoms with E-state index in [1.807, 2.05) is 31.2 Å². The Hall–Kier alpha value is -2.00. The lowest BCUT2D eigenvalue weighted by molar-refractivity contribution is -0.125. The van der Waals surface area contributed by atoms with E-state index >= 15 is 0 Å². The van der Waals surface area contributed by atoms with Gasteiger partial charge in [-0.1, -0.05) is 23.7 Å². The van der Waals surface area contributed by atoms with Crippen molar-refractivity contribution < 1.29 is 9.21 Å². The third-order valence-corrected chi connectivity index (χ3v) is 3.07. The van der Waals surface area contributed by atoms with E-state index in [-0.39, 0.29) is 5.91 Å². The van der Waals surface area contributed by atoms with E-state index in [1.54, 1.807) is 30.2 Å². The molecule has 0 N–H and O–H groups in total. The number of rotatable bonds is 4. The fraction of sp³-hybridized carbons (Fsp3) is 0.188. The number of furan rings is 1. The lowest BCUT2D eigenvalue weighted by Gasteiger charge is -2.13. The molecule has 1 aromatic carbocycles. The summed E-state index contributed by atoms with van der Waals surface area (Å²) in [6.07, 6.45) is 3.28. The minimum Gasteiger partial charge on any atom is -0.464 e. The Labute approximate surface area is 123 Å². The highest BCUT2D eigenvalue weighted by Gasteiger charge is 2.08. The number of carbonyl (C=O) groups excluding carboxylic acids is 1. The number of hydrogen-bond donors (Lipinski definition) is 0. The first-order chi connectivity index (χ1) is 9.54. The van der Waals surface area contributed by atoms with E-state index in [1.165, 1.54) is 6.08 Å². The maximum absolute atomic E-state index is 12.0. The number of amides is 1.